The smallest absolute Gasteiger partial charge is 0.242 e. The normalized spacial score (nSPS) is 38.0. The van der Waals surface area contributed by atoms with Gasteiger partial charge in [0.05, 0.1) is 23.0 Å². The first-order valence-corrected chi connectivity index (χ1v) is 6.84. The average Bonchev–Trinajstić information content (AvgIpc) is 2.44. The minimum Gasteiger partial charge on any atom is -0.393 e. The molecule has 0 amide bonds. The van der Waals surface area contributed by atoms with Gasteiger partial charge in [0.15, 0.2) is 11.6 Å². The summed E-state index contributed by atoms with van der Waals surface area (Å²) in [4.78, 5) is 36.1. The highest BCUT2D eigenvalue weighted by atomic mass is 17.2. The van der Waals surface area contributed by atoms with E-state index >= 15 is 0 Å². The molecule has 0 bridgehead atoms. The van der Waals surface area contributed by atoms with Gasteiger partial charge in [-0.05, 0) is 40.7 Å². The minimum absolute atomic E-state index is 0.211. The number of aliphatic hydroxyl groups is 1. The molecule has 0 unspecified atom stereocenters. The first-order chi connectivity index (χ1) is 9.48. The van der Waals surface area contributed by atoms with Crippen LogP contribution in [0.1, 0.15) is 34.6 Å². The number of hydrogen-bond acceptors (Lipinski definition) is 6. The average molecular weight is 298 g/mol. The summed E-state index contributed by atoms with van der Waals surface area (Å²) in [5, 5.41) is 9.43. The third kappa shape index (κ3) is 1.86. The molecule has 118 valence electrons. The van der Waals surface area contributed by atoms with Crippen LogP contribution in [0, 0.1) is 10.8 Å². The summed E-state index contributed by atoms with van der Waals surface area (Å²) in [7, 11) is 1.36. The molecule has 1 fully saturated rings. The highest BCUT2D eigenvalue weighted by Crippen LogP contribution is 2.54. The predicted octanol–water partition coefficient (Wildman–Crippen LogP) is 1.17. The summed E-state index contributed by atoms with van der Waals surface area (Å²) >= 11 is 0. The molecule has 0 saturated heterocycles. The quantitative estimate of drug-likeness (QED) is 0.609. The van der Waals surface area contributed by atoms with Crippen molar-refractivity contribution >= 4 is 11.6 Å². The zero-order chi connectivity index (χ0) is 16.3. The summed E-state index contributed by atoms with van der Waals surface area (Å²) in [6, 6.07) is 0. The van der Waals surface area contributed by atoms with Crippen molar-refractivity contribution in [3.8, 4) is 0 Å². The molecule has 0 spiro atoms. The van der Waals surface area contributed by atoms with Crippen molar-refractivity contribution in [1.29, 1.82) is 0 Å². The molecule has 0 radical (unpaired) electrons. The maximum Gasteiger partial charge on any atom is 0.242 e. The van der Waals surface area contributed by atoms with Gasteiger partial charge in [0.25, 0.3) is 0 Å². The highest BCUT2D eigenvalue weighted by molar-refractivity contribution is 6.19. The van der Waals surface area contributed by atoms with Crippen LogP contribution in [0.25, 0.3) is 0 Å². The number of ketones is 2. The Labute approximate surface area is 124 Å². The first kappa shape index (κ1) is 16.3. The lowest BCUT2D eigenvalue weighted by Crippen LogP contribution is -2.67. The van der Waals surface area contributed by atoms with E-state index in [0.717, 1.165) is 0 Å². The number of ether oxygens (including phenoxy) is 1. The van der Waals surface area contributed by atoms with Crippen LogP contribution in [-0.2, 0) is 24.1 Å². The Morgan fingerprint density at radius 3 is 2.19 bits per heavy atom. The van der Waals surface area contributed by atoms with E-state index in [-0.39, 0.29) is 23.7 Å². The standard InChI is InChI=1S/C15H22O6/c1-12(2)10(17)9-7-14(5,8-16)20-21-15(9,19-6)13(3,4)11(12)18/h7,16H,8H2,1-6H3/t14-,15+/m0/s1. The molecule has 21 heavy (non-hydrogen) atoms. The summed E-state index contributed by atoms with van der Waals surface area (Å²) in [5.74, 6) is -2.27. The SMILES string of the molecule is CO[C@@]12OO[C@](C)(CO)C=C1C(=O)C(C)(C)C(=O)C2(C)C. The van der Waals surface area contributed by atoms with E-state index in [1.54, 1.807) is 34.6 Å². The van der Waals surface area contributed by atoms with Gasteiger partial charge in [0, 0.05) is 7.11 Å². The van der Waals surface area contributed by atoms with Crippen molar-refractivity contribution in [2.75, 3.05) is 13.7 Å². The number of carbonyl (C=O) groups is 2. The minimum atomic E-state index is -1.61. The van der Waals surface area contributed by atoms with E-state index in [2.05, 4.69) is 0 Å². The topological polar surface area (TPSA) is 82.1 Å². The molecule has 1 aliphatic heterocycles. The van der Waals surface area contributed by atoms with Crippen molar-refractivity contribution in [1.82, 2.24) is 0 Å². The molecule has 1 aliphatic carbocycles. The van der Waals surface area contributed by atoms with Crippen LogP contribution in [-0.4, -0.2) is 41.8 Å². The van der Waals surface area contributed by atoms with E-state index in [9.17, 15) is 14.7 Å². The third-order valence-corrected chi connectivity index (χ3v) is 4.53. The predicted molar refractivity (Wildman–Crippen MR) is 73.1 cm³/mol. The van der Waals surface area contributed by atoms with Crippen molar-refractivity contribution in [3.63, 3.8) is 0 Å². The first-order valence-electron chi connectivity index (χ1n) is 6.84. The van der Waals surface area contributed by atoms with E-state index < -0.39 is 22.2 Å². The van der Waals surface area contributed by atoms with Gasteiger partial charge in [0.2, 0.25) is 5.79 Å². The van der Waals surface area contributed by atoms with Crippen LogP contribution in [0.2, 0.25) is 0 Å². The fraction of sp³-hybridized carbons (Fsp3) is 0.733. The zero-order valence-corrected chi connectivity index (χ0v) is 13.3. The molecule has 0 aromatic heterocycles. The molecule has 6 nitrogen and oxygen atoms in total. The van der Waals surface area contributed by atoms with E-state index in [4.69, 9.17) is 14.5 Å². The van der Waals surface area contributed by atoms with Gasteiger partial charge < -0.3 is 9.84 Å². The molecular weight excluding hydrogens is 276 g/mol. The molecule has 0 aromatic rings. The molecule has 0 aromatic carbocycles. The Kier molecular flexibility index (Phi) is 3.46. The number of fused-ring (bicyclic) bond motifs is 1. The Bertz CT molecular complexity index is 532. The summed E-state index contributed by atoms with van der Waals surface area (Å²) in [6.45, 7) is 7.72. The lowest BCUT2D eigenvalue weighted by Gasteiger charge is -2.53. The maximum absolute atomic E-state index is 12.8. The number of Topliss-reactive ketones (excluding diaryl/α,β-unsaturated/α-hetero) is 2. The molecule has 1 saturated carbocycles. The van der Waals surface area contributed by atoms with E-state index in [1.165, 1.54) is 13.2 Å². The van der Waals surface area contributed by atoms with Crippen molar-refractivity contribution < 1.29 is 29.2 Å². The lowest BCUT2D eigenvalue weighted by molar-refractivity contribution is -0.470. The van der Waals surface area contributed by atoms with Gasteiger partial charge in [-0.25, -0.2) is 4.89 Å². The Hall–Kier alpha value is -1.08. The molecule has 2 aliphatic rings. The second-order valence-electron chi connectivity index (χ2n) is 6.92. The number of methoxy groups -OCH3 is 1. The van der Waals surface area contributed by atoms with Gasteiger partial charge in [-0.15, -0.1) is 0 Å². The number of hydrogen-bond donors (Lipinski definition) is 1. The fourth-order valence-corrected chi connectivity index (χ4v) is 3.12. The molecular formula is C15H22O6. The molecule has 2 atom stereocenters. The molecule has 1 N–H and O–H groups in total. The molecule has 2 rings (SSSR count). The summed E-state index contributed by atoms with van der Waals surface area (Å²) < 4.78 is 5.43. The highest BCUT2D eigenvalue weighted by Gasteiger charge is 2.68. The van der Waals surface area contributed by atoms with Crippen LogP contribution in [0.3, 0.4) is 0 Å². The summed E-state index contributed by atoms with van der Waals surface area (Å²) in [5.41, 5.74) is -3.25. The van der Waals surface area contributed by atoms with Gasteiger partial charge in [-0.3, -0.25) is 9.59 Å². The fourth-order valence-electron chi connectivity index (χ4n) is 3.12. The molecule has 6 heteroatoms. The van der Waals surface area contributed by atoms with Gasteiger partial charge >= 0.3 is 0 Å². The van der Waals surface area contributed by atoms with Gasteiger partial charge in [-0.1, -0.05) is 0 Å². The molecule has 1 heterocycles. The number of rotatable bonds is 2. The van der Waals surface area contributed by atoms with Gasteiger partial charge in [0.1, 0.15) is 5.60 Å². The van der Waals surface area contributed by atoms with Crippen LogP contribution in [0.15, 0.2) is 11.6 Å². The Morgan fingerprint density at radius 1 is 1.14 bits per heavy atom. The van der Waals surface area contributed by atoms with Crippen LogP contribution in [0.4, 0.5) is 0 Å². The maximum atomic E-state index is 12.8. The van der Waals surface area contributed by atoms with Crippen LogP contribution in [0.5, 0.6) is 0 Å². The number of carbonyl (C=O) groups excluding carboxylic acids is 2. The van der Waals surface area contributed by atoms with Gasteiger partial charge in [-0.2, -0.15) is 4.89 Å². The third-order valence-electron chi connectivity index (χ3n) is 4.53. The van der Waals surface area contributed by atoms with Crippen molar-refractivity contribution in [3.05, 3.63) is 11.6 Å². The second-order valence-corrected chi connectivity index (χ2v) is 6.92. The zero-order valence-electron chi connectivity index (χ0n) is 13.3. The van der Waals surface area contributed by atoms with Crippen LogP contribution >= 0.6 is 0 Å². The lowest BCUT2D eigenvalue weighted by atomic mass is 9.57. The Balaban J connectivity index is 2.73. The van der Waals surface area contributed by atoms with Crippen LogP contribution < -0.4 is 0 Å². The monoisotopic (exact) mass is 298 g/mol. The number of aliphatic hydroxyl groups excluding tert-OH is 1. The Morgan fingerprint density at radius 2 is 1.71 bits per heavy atom. The summed E-state index contributed by atoms with van der Waals surface area (Å²) in [6.07, 6.45) is 1.50. The second kappa shape index (κ2) is 4.46. The van der Waals surface area contributed by atoms with Crippen molar-refractivity contribution in [2.45, 2.75) is 46.0 Å². The van der Waals surface area contributed by atoms with E-state index in [0.29, 0.717) is 0 Å². The van der Waals surface area contributed by atoms with Crippen molar-refractivity contribution in [2.24, 2.45) is 10.8 Å². The largest absolute Gasteiger partial charge is 0.393 e. The van der Waals surface area contributed by atoms with E-state index in [1.807, 2.05) is 0 Å².